The molecule has 0 atom stereocenters. The Balaban J connectivity index is 2.36. The molecule has 0 aliphatic carbocycles. The maximum atomic E-state index is 10.8. The van der Waals surface area contributed by atoms with Crippen LogP contribution in [0.4, 0.5) is 0 Å². The molecular formula is C6H14N4O2. The molecule has 0 unspecified atom stereocenters. The lowest BCUT2D eigenvalue weighted by atomic mass is 10.3. The molecule has 1 rings (SSSR count). The number of likely N-dealkylation sites (N-methyl/N-ethyl adjacent to an activating group) is 1. The molecule has 6 heteroatoms. The lowest BCUT2D eigenvalue weighted by Crippen LogP contribution is -2.48. The SMILES string of the molecule is CCN1CCN([N+]([O-])=NO)CC1. The standard InChI is InChI=1S/C6H14N4O2/c1-2-8-3-5-9(6-4-8)10(12)7-11/h11H,2-6H2,1H3. The van der Waals surface area contributed by atoms with Crippen LogP contribution in [0.1, 0.15) is 6.92 Å². The average Bonchev–Trinajstić information content (AvgIpc) is 2.17. The first-order chi connectivity index (χ1) is 5.77. The Kier molecular flexibility index (Phi) is 3.09. The fourth-order valence-electron chi connectivity index (χ4n) is 1.28. The Morgan fingerprint density at radius 3 is 2.42 bits per heavy atom. The van der Waals surface area contributed by atoms with Gasteiger partial charge in [0.15, 0.2) is 0 Å². The first-order valence-electron chi connectivity index (χ1n) is 4.07. The summed E-state index contributed by atoms with van der Waals surface area (Å²) in [7, 11) is 0. The summed E-state index contributed by atoms with van der Waals surface area (Å²) in [5.74, 6) is 0. The second-order valence-electron chi connectivity index (χ2n) is 2.73. The normalized spacial score (nSPS) is 21.4. The highest BCUT2D eigenvalue weighted by atomic mass is 16.6. The average molecular weight is 174 g/mol. The van der Waals surface area contributed by atoms with E-state index in [4.69, 9.17) is 5.21 Å². The lowest BCUT2D eigenvalue weighted by molar-refractivity contribution is -0.711. The second kappa shape index (κ2) is 4.10. The molecule has 0 aromatic heterocycles. The minimum absolute atomic E-state index is 0.243. The van der Waals surface area contributed by atoms with Crippen LogP contribution in [0.25, 0.3) is 0 Å². The first kappa shape index (κ1) is 9.05. The zero-order valence-corrected chi connectivity index (χ0v) is 7.18. The van der Waals surface area contributed by atoms with Crippen molar-refractivity contribution in [2.24, 2.45) is 5.28 Å². The molecular weight excluding hydrogens is 160 g/mol. The summed E-state index contributed by atoms with van der Waals surface area (Å²) >= 11 is 0. The molecule has 0 bridgehead atoms. The Morgan fingerprint density at radius 2 is 2.00 bits per heavy atom. The van der Waals surface area contributed by atoms with E-state index >= 15 is 0 Å². The van der Waals surface area contributed by atoms with Gasteiger partial charge in [-0.3, -0.25) is 4.90 Å². The molecule has 0 spiro atoms. The number of hydrogen-bond acceptors (Lipinski definition) is 3. The summed E-state index contributed by atoms with van der Waals surface area (Å²) in [6.07, 6.45) is 0. The van der Waals surface area contributed by atoms with Gasteiger partial charge in [0, 0.05) is 13.1 Å². The fourth-order valence-corrected chi connectivity index (χ4v) is 1.28. The van der Waals surface area contributed by atoms with Crippen LogP contribution < -0.4 is 0 Å². The molecule has 1 fully saturated rings. The van der Waals surface area contributed by atoms with Gasteiger partial charge in [0.1, 0.15) is 0 Å². The van der Waals surface area contributed by atoms with Crippen molar-refractivity contribution in [3.63, 3.8) is 0 Å². The molecule has 6 nitrogen and oxygen atoms in total. The van der Waals surface area contributed by atoms with Gasteiger partial charge < -0.3 is 10.4 Å². The van der Waals surface area contributed by atoms with Crippen molar-refractivity contribution in [3.8, 4) is 0 Å². The molecule has 1 heterocycles. The number of nitrogens with zero attached hydrogens (tertiary/aromatic N) is 4. The maximum Gasteiger partial charge on any atom is 0.230 e. The Bertz CT molecular complexity index is 165. The summed E-state index contributed by atoms with van der Waals surface area (Å²) in [4.78, 5) is 2.48. The van der Waals surface area contributed by atoms with Gasteiger partial charge in [-0.2, -0.15) is 0 Å². The molecule has 70 valence electrons. The zero-order valence-electron chi connectivity index (χ0n) is 7.18. The van der Waals surface area contributed by atoms with Gasteiger partial charge in [-0.15, -0.1) is 5.01 Å². The van der Waals surface area contributed by atoms with E-state index in [0.29, 0.717) is 13.1 Å². The monoisotopic (exact) mass is 174 g/mol. The smallest absolute Gasteiger partial charge is 0.230 e. The highest BCUT2D eigenvalue weighted by Crippen LogP contribution is 2.00. The van der Waals surface area contributed by atoms with E-state index in [0.717, 1.165) is 19.6 Å². The summed E-state index contributed by atoms with van der Waals surface area (Å²) in [6, 6.07) is 0. The van der Waals surface area contributed by atoms with Crippen molar-refractivity contribution in [1.82, 2.24) is 9.91 Å². The van der Waals surface area contributed by atoms with Crippen LogP contribution in [0, 0.1) is 5.21 Å². The van der Waals surface area contributed by atoms with E-state index in [-0.39, 0.29) is 4.97 Å². The van der Waals surface area contributed by atoms with Crippen LogP contribution in [-0.4, -0.2) is 52.8 Å². The molecule has 0 amide bonds. The van der Waals surface area contributed by atoms with Crippen LogP contribution in [0.15, 0.2) is 5.28 Å². The van der Waals surface area contributed by atoms with E-state index in [2.05, 4.69) is 17.1 Å². The Labute approximate surface area is 71.2 Å². The van der Waals surface area contributed by atoms with Crippen molar-refractivity contribution >= 4 is 0 Å². The third-order valence-electron chi connectivity index (χ3n) is 2.11. The summed E-state index contributed by atoms with van der Waals surface area (Å²) in [5.41, 5.74) is 0. The third kappa shape index (κ3) is 1.97. The fraction of sp³-hybridized carbons (Fsp3) is 1.00. The van der Waals surface area contributed by atoms with Crippen LogP contribution in [0.5, 0.6) is 0 Å². The van der Waals surface area contributed by atoms with E-state index in [1.807, 2.05) is 0 Å². The highest BCUT2D eigenvalue weighted by Gasteiger charge is 2.20. The molecule has 0 radical (unpaired) electrons. The number of hydrazine groups is 1. The number of rotatable bonds is 2. The van der Waals surface area contributed by atoms with Crippen LogP contribution in [-0.2, 0) is 0 Å². The number of hydrogen-bond donors (Lipinski definition) is 1. The number of piperazine rings is 1. The van der Waals surface area contributed by atoms with Crippen LogP contribution in [0.3, 0.4) is 0 Å². The molecule has 0 aromatic carbocycles. The van der Waals surface area contributed by atoms with E-state index in [1.54, 1.807) is 0 Å². The lowest BCUT2D eigenvalue weighted by Gasteiger charge is -2.30. The predicted octanol–water partition coefficient (Wildman–Crippen LogP) is -0.109. The van der Waals surface area contributed by atoms with Gasteiger partial charge in [0.2, 0.25) is 5.28 Å². The van der Waals surface area contributed by atoms with Gasteiger partial charge in [0.25, 0.3) is 0 Å². The first-order valence-corrected chi connectivity index (χ1v) is 4.07. The van der Waals surface area contributed by atoms with Gasteiger partial charge in [-0.25, -0.2) is 0 Å². The van der Waals surface area contributed by atoms with E-state index in [1.165, 1.54) is 5.01 Å². The van der Waals surface area contributed by atoms with E-state index in [9.17, 15) is 5.21 Å². The summed E-state index contributed by atoms with van der Waals surface area (Å²) < 4.78 is 0. The van der Waals surface area contributed by atoms with Gasteiger partial charge in [0.05, 0.1) is 18.1 Å². The molecule has 1 aliphatic heterocycles. The predicted molar refractivity (Wildman–Crippen MR) is 41.5 cm³/mol. The van der Waals surface area contributed by atoms with Crippen molar-refractivity contribution < 1.29 is 10.2 Å². The molecule has 1 saturated heterocycles. The molecule has 0 aromatic rings. The van der Waals surface area contributed by atoms with Crippen molar-refractivity contribution in [1.29, 1.82) is 0 Å². The minimum atomic E-state index is 0.243. The molecule has 1 N–H and O–H groups in total. The highest BCUT2D eigenvalue weighted by molar-refractivity contribution is 4.64. The largest absolute Gasteiger partial charge is 0.569 e. The minimum Gasteiger partial charge on any atom is -0.569 e. The third-order valence-corrected chi connectivity index (χ3v) is 2.11. The van der Waals surface area contributed by atoms with Gasteiger partial charge in [-0.1, -0.05) is 6.92 Å². The molecule has 1 aliphatic rings. The zero-order chi connectivity index (χ0) is 8.97. The second-order valence-corrected chi connectivity index (χ2v) is 2.73. The summed E-state index contributed by atoms with van der Waals surface area (Å²) in [5, 5.41) is 23.0. The Morgan fingerprint density at radius 1 is 1.42 bits per heavy atom. The molecule has 12 heavy (non-hydrogen) atoms. The van der Waals surface area contributed by atoms with Crippen LogP contribution >= 0.6 is 0 Å². The van der Waals surface area contributed by atoms with Crippen molar-refractivity contribution in [3.05, 3.63) is 5.21 Å². The quantitative estimate of drug-likeness (QED) is 0.360. The van der Waals surface area contributed by atoms with E-state index < -0.39 is 0 Å². The van der Waals surface area contributed by atoms with Gasteiger partial charge in [-0.05, 0) is 6.54 Å². The topological polar surface area (TPSA) is 65.1 Å². The summed E-state index contributed by atoms with van der Waals surface area (Å²) in [6.45, 7) is 6.04. The molecule has 0 saturated carbocycles. The maximum absolute atomic E-state index is 10.8. The Hall–Kier alpha value is -1.04. The van der Waals surface area contributed by atoms with Crippen molar-refractivity contribution in [2.45, 2.75) is 6.92 Å². The van der Waals surface area contributed by atoms with Gasteiger partial charge >= 0.3 is 0 Å². The van der Waals surface area contributed by atoms with Crippen LogP contribution in [0.2, 0.25) is 0 Å². The van der Waals surface area contributed by atoms with Crippen molar-refractivity contribution in [2.75, 3.05) is 32.7 Å².